The zero-order chi connectivity index (χ0) is 26.5. The van der Waals surface area contributed by atoms with Gasteiger partial charge < -0.3 is 9.30 Å². The molecule has 0 fully saturated rings. The minimum Gasteiger partial charge on any atom is -0.494 e. The molecular formula is C27H35N3O4S2. The molecular weight excluding hydrogens is 494 g/mol. The quantitative estimate of drug-likeness (QED) is 0.314. The Bertz CT molecular complexity index is 1370. The molecule has 9 heteroatoms. The summed E-state index contributed by atoms with van der Waals surface area (Å²) in [6.45, 7) is 15.7. The first-order valence-electron chi connectivity index (χ1n) is 12.1. The summed E-state index contributed by atoms with van der Waals surface area (Å²) in [5, 5.41) is 0. The molecule has 3 aromatic rings. The zero-order valence-electron chi connectivity index (χ0n) is 21.6. The van der Waals surface area contributed by atoms with Crippen LogP contribution < -0.4 is 9.54 Å². The van der Waals surface area contributed by atoms with E-state index in [9.17, 15) is 13.2 Å². The number of aromatic nitrogens is 1. The molecule has 0 saturated heterocycles. The molecule has 7 nitrogen and oxygen atoms in total. The number of amides is 1. The van der Waals surface area contributed by atoms with E-state index in [0.29, 0.717) is 36.6 Å². The Morgan fingerprint density at radius 2 is 1.75 bits per heavy atom. The maximum absolute atomic E-state index is 13.3. The Morgan fingerprint density at radius 3 is 2.31 bits per heavy atom. The maximum Gasteiger partial charge on any atom is 0.279 e. The van der Waals surface area contributed by atoms with Crippen molar-refractivity contribution in [3.8, 4) is 5.75 Å². The van der Waals surface area contributed by atoms with Crippen molar-refractivity contribution in [1.29, 1.82) is 0 Å². The van der Waals surface area contributed by atoms with Crippen LogP contribution in [-0.2, 0) is 16.6 Å². The van der Waals surface area contributed by atoms with Crippen molar-refractivity contribution in [1.82, 2.24) is 8.87 Å². The molecule has 3 rings (SSSR count). The fourth-order valence-electron chi connectivity index (χ4n) is 3.86. The predicted molar refractivity (Wildman–Crippen MR) is 146 cm³/mol. The second-order valence-electron chi connectivity index (χ2n) is 9.40. The Kier molecular flexibility index (Phi) is 9.27. The third-order valence-corrected chi connectivity index (χ3v) is 8.24. The summed E-state index contributed by atoms with van der Waals surface area (Å²) in [6.07, 6.45) is 1.76. The van der Waals surface area contributed by atoms with Gasteiger partial charge in [-0.25, -0.2) is 8.42 Å². The van der Waals surface area contributed by atoms with Crippen LogP contribution in [0, 0.1) is 11.8 Å². The average Bonchev–Trinajstić information content (AvgIpc) is 3.14. The number of benzene rings is 2. The van der Waals surface area contributed by atoms with Crippen LogP contribution >= 0.6 is 11.3 Å². The number of hydrogen-bond acceptors (Lipinski definition) is 5. The van der Waals surface area contributed by atoms with Crippen LogP contribution in [0.15, 0.2) is 65.0 Å². The predicted octanol–water partition coefficient (Wildman–Crippen LogP) is 5.33. The number of allylic oxidation sites excluding steroid dienone is 1. The lowest BCUT2D eigenvalue weighted by Gasteiger charge is -2.25. The third kappa shape index (κ3) is 6.52. The molecule has 0 bridgehead atoms. The van der Waals surface area contributed by atoms with Gasteiger partial charge in [0, 0.05) is 25.2 Å². The zero-order valence-corrected chi connectivity index (χ0v) is 23.2. The fourth-order valence-corrected chi connectivity index (χ4v) is 6.69. The number of carbonyl (C=O) groups excluding carboxylic acids is 1. The summed E-state index contributed by atoms with van der Waals surface area (Å²) >= 11 is 1.39. The van der Waals surface area contributed by atoms with Gasteiger partial charge in [0.05, 0.1) is 21.7 Å². The van der Waals surface area contributed by atoms with Gasteiger partial charge in [0.15, 0.2) is 4.80 Å². The summed E-state index contributed by atoms with van der Waals surface area (Å²) in [5.74, 6) is 0.725. The molecule has 0 atom stereocenters. The molecule has 0 N–H and O–H groups in total. The second kappa shape index (κ2) is 12.0. The molecule has 36 heavy (non-hydrogen) atoms. The van der Waals surface area contributed by atoms with Gasteiger partial charge in [-0.2, -0.15) is 9.30 Å². The Hall–Kier alpha value is -2.75. The van der Waals surface area contributed by atoms with Gasteiger partial charge in [0.1, 0.15) is 5.75 Å². The fraction of sp³-hybridized carbons (Fsp3) is 0.407. The van der Waals surface area contributed by atoms with Gasteiger partial charge in [0.25, 0.3) is 5.91 Å². The summed E-state index contributed by atoms with van der Waals surface area (Å²) in [5.41, 5.74) is 1.26. The number of sulfonamides is 1. The first kappa shape index (κ1) is 27.8. The van der Waals surface area contributed by atoms with Crippen molar-refractivity contribution in [2.75, 3.05) is 19.7 Å². The number of thiazole rings is 1. The van der Waals surface area contributed by atoms with E-state index in [1.54, 1.807) is 6.08 Å². The van der Waals surface area contributed by atoms with Gasteiger partial charge in [-0.15, -0.1) is 6.58 Å². The van der Waals surface area contributed by atoms with E-state index in [1.165, 1.54) is 39.9 Å². The van der Waals surface area contributed by atoms with Gasteiger partial charge in [-0.05, 0) is 61.2 Å². The average molecular weight is 530 g/mol. The summed E-state index contributed by atoms with van der Waals surface area (Å²) in [4.78, 5) is 18.1. The molecule has 1 heterocycles. The number of fused-ring (bicyclic) bond motifs is 1. The highest BCUT2D eigenvalue weighted by molar-refractivity contribution is 7.89. The van der Waals surface area contributed by atoms with E-state index in [4.69, 9.17) is 4.74 Å². The van der Waals surface area contributed by atoms with Crippen LogP contribution in [0.4, 0.5) is 0 Å². The van der Waals surface area contributed by atoms with Crippen molar-refractivity contribution in [2.24, 2.45) is 16.8 Å². The molecule has 0 aliphatic rings. The van der Waals surface area contributed by atoms with Crippen LogP contribution in [-0.4, -0.2) is 42.9 Å². The lowest BCUT2D eigenvalue weighted by molar-refractivity contribution is 0.0997. The van der Waals surface area contributed by atoms with Gasteiger partial charge in [0.2, 0.25) is 10.0 Å². The summed E-state index contributed by atoms with van der Waals surface area (Å²) < 4.78 is 36.5. The number of rotatable bonds is 11. The van der Waals surface area contributed by atoms with Crippen LogP contribution in [0.3, 0.4) is 0 Å². The van der Waals surface area contributed by atoms with Crippen molar-refractivity contribution in [2.45, 2.75) is 46.1 Å². The Labute approximate surface area is 217 Å². The van der Waals surface area contributed by atoms with E-state index in [0.717, 1.165) is 16.0 Å². The first-order chi connectivity index (χ1) is 17.1. The van der Waals surface area contributed by atoms with E-state index >= 15 is 0 Å². The van der Waals surface area contributed by atoms with Crippen molar-refractivity contribution < 1.29 is 17.9 Å². The molecule has 0 spiro atoms. The largest absolute Gasteiger partial charge is 0.494 e. The minimum atomic E-state index is -3.67. The SMILES string of the molecule is C=CCn1c(=NC(=O)c2ccc(S(=O)(=O)N(CC(C)C)CC(C)C)cc2)sc2cc(OCC)ccc21. The molecule has 194 valence electrons. The van der Waals surface area contributed by atoms with Crippen LogP contribution in [0.2, 0.25) is 0 Å². The maximum atomic E-state index is 13.3. The van der Waals surface area contributed by atoms with Gasteiger partial charge in [-0.3, -0.25) is 4.79 Å². The van der Waals surface area contributed by atoms with E-state index < -0.39 is 15.9 Å². The third-order valence-electron chi connectivity index (χ3n) is 5.35. The minimum absolute atomic E-state index is 0.174. The second-order valence-corrected chi connectivity index (χ2v) is 12.3. The highest BCUT2D eigenvalue weighted by Crippen LogP contribution is 2.24. The summed E-state index contributed by atoms with van der Waals surface area (Å²) in [7, 11) is -3.67. The van der Waals surface area contributed by atoms with Crippen molar-refractivity contribution in [3.05, 3.63) is 65.5 Å². The lowest BCUT2D eigenvalue weighted by atomic mass is 10.2. The van der Waals surface area contributed by atoms with Gasteiger partial charge in [-0.1, -0.05) is 45.1 Å². The number of nitrogens with zero attached hydrogens (tertiary/aromatic N) is 3. The number of carbonyl (C=O) groups is 1. The molecule has 0 aliphatic carbocycles. The van der Waals surface area contributed by atoms with Crippen molar-refractivity contribution in [3.63, 3.8) is 0 Å². The molecule has 2 aromatic carbocycles. The lowest BCUT2D eigenvalue weighted by Crippen LogP contribution is -2.37. The highest BCUT2D eigenvalue weighted by Gasteiger charge is 2.26. The van der Waals surface area contributed by atoms with Crippen LogP contribution in [0.1, 0.15) is 45.0 Å². The van der Waals surface area contributed by atoms with E-state index in [1.807, 2.05) is 57.4 Å². The highest BCUT2D eigenvalue weighted by atomic mass is 32.2. The standard InChI is InChI=1S/C27H35N3O4S2/c1-7-15-30-24-14-11-22(34-8-2)16-25(24)35-27(30)28-26(31)21-9-12-23(13-10-21)36(32,33)29(17-19(3)4)18-20(5)6/h7,9-14,16,19-20H,1,8,15,17-18H2,2-6H3. The Morgan fingerprint density at radius 1 is 1.11 bits per heavy atom. The number of hydrogen-bond donors (Lipinski definition) is 0. The normalized spacial score (nSPS) is 12.7. The topological polar surface area (TPSA) is 81.0 Å². The smallest absolute Gasteiger partial charge is 0.279 e. The molecule has 1 aromatic heterocycles. The molecule has 0 saturated carbocycles. The van der Waals surface area contributed by atoms with E-state index in [-0.39, 0.29) is 16.7 Å². The molecule has 0 aliphatic heterocycles. The molecule has 1 amide bonds. The number of ether oxygens (including phenoxy) is 1. The monoisotopic (exact) mass is 529 g/mol. The van der Waals surface area contributed by atoms with Gasteiger partial charge >= 0.3 is 0 Å². The Balaban J connectivity index is 1.94. The summed E-state index contributed by atoms with van der Waals surface area (Å²) in [6, 6.07) is 11.8. The van der Waals surface area contributed by atoms with E-state index in [2.05, 4.69) is 11.6 Å². The molecule has 0 radical (unpaired) electrons. The van der Waals surface area contributed by atoms with Crippen LogP contribution in [0.5, 0.6) is 5.75 Å². The van der Waals surface area contributed by atoms with Crippen LogP contribution in [0.25, 0.3) is 10.2 Å². The van der Waals surface area contributed by atoms with Crippen molar-refractivity contribution >= 4 is 37.5 Å². The first-order valence-corrected chi connectivity index (χ1v) is 14.4. The molecule has 0 unspecified atom stereocenters.